The third-order valence-electron chi connectivity index (χ3n) is 6.42. The predicted octanol–water partition coefficient (Wildman–Crippen LogP) is 3.18. The number of hydrogen-bond acceptors (Lipinski definition) is 4. The minimum absolute atomic E-state index is 0. The molecule has 2 heterocycles. The van der Waals surface area contributed by atoms with Gasteiger partial charge in [-0.25, -0.2) is 0 Å². The van der Waals surface area contributed by atoms with Crippen LogP contribution in [0.25, 0.3) is 0 Å². The molecule has 6 heteroatoms. The van der Waals surface area contributed by atoms with Gasteiger partial charge in [-0.15, -0.1) is 12.4 Å². The molecular formula is C20H29ClN2O3. The molecule has 2 unspecified atom stereocenters. The first-order valence-electron chi connectivity index (χ1n) is 9.42. The SMILES string of the molecule is COc1ccc(OC)c(C2CCCN2C(=O)C2CC23CCNCC3)c1.Cl. The van der Waals surface area contributed by atoms with E-state index in [0.29, 0.717) is 5.91 Å². The Morgan fingerprint density at radius 1 is 1.23 bits per heavy atom. The van der Waals surface area contributed by atoms with Gasteiger partial charge in [0.15, 0.2) is 0 Å². The van der Waals surface area contributed by atoms with Crippen molar-refractivity contribution in [3.63, 3.8) is 0 Å². The van der Waals surface area contributed by atoms with Crippen LogP contribution in [-0.2, 0) is 4.79 Å². The predicted molar refractivity (Wildman–Crippen MR) is 103 cm³/mol. The Balaban J connectivity index is 0.00000196. The molecule has 0 aromatic heterocycles. The van der Waals surface area contributed by atoms with Crippen LogP contribution in [0.15, 0.2) is 18.2 Å². The van der Waals surface area contributed by atoms with Gasteiger partial charge in [0, 0.05) is 18.0 Å². The van der Waals surface area contributed by atoms with Crippen molar-refractivity contribution in [2.24, 2.45) is 11.3 Å². The van der Waals surface area contributed by atoms with Crippen LogP contribution in [0.2, 0.25) is 0 Å². The fourth-order valence-electron chi connectivity index (χ4n) is 4.83. The normalized spacial score (nSPS) is 26.3. The zero-order valence-electron chi connectivity index (χ0n) is 15.6. The smallest absolute Gasteiger partial charge is 0.226 e. The molecule has 1 aromatic rings. The molecule has 1 aromatic carbocycles. The molecule has 1 saturated carbocycles. The molecule has 2 saturated heterocycles. The number of halogens is 1. The monoisotopic (exact) mass is 380 g/mol. The summed E-state index contributed by atoms with van der Waals surface area (Å²) in [5.74, 6) is 2.25. The lowest BCUT2D eigenvalue weighted by atomic mass is 9.91. The molecule has 2 aliphatic heterocycles. The Morgan fingerprint density at radius 3 is 2.69 bits per heavy atom. The Bertz CT molecular complexity index is 660. The molecule has 4 rings (SSSR count). The Labute approximate surface area is 161 Å². The van der Waals surface area contributed by atoms with Crippen LogP contribution >= 0.6 is 12.4 Å². The standard InChI is InChI=1S/C20H28N2O3.ClH/c1-24-14-5-6-18(25-2)15(12-14)17-4-3-11-22(17)19(23)16-13-20(16)7-9-21-10-8-20;/h5-6,12,16-17,21H,3-4,7-11,13H2,1-2H3;1H. The summed E-state index contributed by atoms with van der Waals surface area (Å²) in [7, 11) is 3.37. The quantitative estimate of drug-likeness (QED) is 0.871. The zero-order chi connectivity index (χ0) is 17.4. The maximum absolute atomic E-state index is 13.3. The first-order valence-corrected chi connectivity index (χ1v) is 9.42. The number of methoxy groups -OCH3 is 2. The molecule has 0 radical (unpaired) electrons. The number of ether oxygens (including phenoxy) is 2. The fraction of sp³-hybridized carbons (Fsp3) is 0.650. The molecule has 1 amide bonds. The molecule has 1 aliphatic carbocycles. The summed E-state index contributed by atoms with van der Waals surface area (Å²) in [6.07, 6.45) is 5.41. The maximum atomic E-state index is 13.3. The van der Waals surface area contributed by atoms with Crippen LogP contribution in [0, 0.1) is 11.3 Å². The molecule has 2 atom stereocenters. The number of rotatable bonds is 4. The van der Waals surface area contributed by atoms with Crippen molar-refractivity contribution in [2.75, 3.05) is 33.9 Å². The van der Waals surface area contributed by atoms with Crippen molar-refractivity contribution >= 4 is 18.3 Å². The first kappa shape index (κ1) is 19.3. The molecule has 26 heavy (non-hydrogen) atoms. The van der Waals surface area contributed by atoms with Crippen molar-refractivity contribution in [3.8, 4) is 11.5 Å². The number of carbonyl (C=O) groups excluding carboxylic acids is 1. The van der Waals surface area contributed by atoms with Crippen LogP contribution in [0.3, 0.4) is 0 Å². The van der Waals surface area contributed by atoms with E-state index >= 15 is 0 Å². The zero-order valence-corrected chi connectivity index (χ0v) is 16.4. The molecular weight excluding hydrogens is 352 g/mol. The van der Waals surface area contributed by atoms with E-state index in [9.17, 15) is 4.79 Å². The molecule has 3 fully saturated rings. The number of nitrogens with zero attached hydrogens (tertiary/aromatic N) is 1. The molecule has 3 aliphatic rings. The number of piperidine rings is 1. The van der Waals surface area contributed by atoms with E-state index in [4.69, 9.17) is 9.47 Å². The second kappa shape index (κ2) is 7.65. The van der Waals surface area contributed by atoms with Gasteiger partial charge in [0.1, 0.15) is 11.5 Å². The molecule has 1 N–H and O–H groups in total. The number of hydrogen-bond donors (Lipinski definition) is 1. The largest absolute Gasteiger partial charge is 0.497 e. The van der Waals surface area contributed by atoms with Gasteiger partial charge < -0.3 is 19.7 Å². The van der Waals surface area contributed by atoms with Gasteiger partial charge in [0.05, 0.1) is 20.3 Å². The molecule has 1 spiro atoms. The van der Waals surface area contributed by atoms with E-state index in [2.05, 4.69) is 10.2 Å². The van der Waals surface area contributed by atoms with Crippen LogP contribution in [0.5, 0.6) is 11.5 Å². The van der Waals surface area contributed by atoms with Crippen molar-refractivity contribution in [1.82, 2.24) is 10.2 Å². The lowest BCUT2D eigenvalue weighted by Gasteiger charge is -2.29. The van der Waals surface area contributed by atoms with Gasteiger partial charge in [-0.1, -0.05) is 0 Å². The summed E-state index contributed by atoms with van der Waals surface area (Å²) in [6.45, 7) is 2.96. The third-order valence-corrected chi connectivity index (χ3v) is 6.42. The summed E-state index contributed by atoms with van der Waals surface area (Å²) in [5, 5.41) is 3.42. The van der Waals surface area contributed by atoms with E-state index in [0.717, 1.165) is 68.8 Å². The Morgan fingerprint density at radius 2 is 2.00 bits per heavy atom. The first-order chi connectivity index (χ1) is 12.2. The van der Waals surface area contributed by atoms with Crippen LogP contribution < -0.4 is 14.8 Å². The van der Waals surface area contributed by atoms with Gasteiger partial charge >= 0.3 is 0 Å². The molecule has 0 bridgehead atoms. The van der Waals surface area contributed by atoms with Crippen molar-refractivity contribution in [3.05, 3.63) is 23.8 Å². The lowest BCUT2D eigenvalue weighted by molar-refractivity contribution is -0.134. The minimum atomic E-state index is 0. The van der Waals surface area contributed by atoms with E-state index in [-0.39, 0.29) is 29.8 Å². The second-order valence-corrected chi connectivity index (χ2v) is 7.67. The lowest BCUT2D eigenvalue weighted by Crippen LogP contribution is -2.36. The Kier molecular flexibility index (Phi) is 5.68. The van der Waals surface area contributed by atoms with Crippen LogP contribution in [0.1, 0.15) is 43.7 Å². The number of carbonyl (C=O) groups is 1. The van der Waals surface area contributed by atoms with Gasteiger partial charge in [-0.05, 0) is 68.8 Å². The molecule has 144 valence electrons. The highest BCUT2D eigenvalue weighted by Crippen LogP contribution is 2.60. The minimum Gasteiger partial charge on any atom is -0.497 e. The van der Waals surface area contributed by atoms with E-state index in [1.54, 1.807) is 14.2 Å². The maximum Gasteiger partial charge on any atom is 0.226 e. The fourth-order valence-corrected chi connectivity index (χ4v) is 4.83. The van der Waals surface area contributed by atoms with Crippen molar-refractivity contribution in [2.45, 2.75) is 38.1 Å². The summed E-state index contributed by atoms with van der Waals surface area (Å²) >= 11 is 0. The van der Waals surface area contributed by atoms with Crippen molar-refractivity contribution in [1.29, 1.82) is 0 Å². The second-order valence-electron chi connectivity index (χ2n) is 7.67. The van der Waals surface area contributed by atoms with Crippen molar-refractivity contribution < 1.29 is 14.3 Å². The highest BCUT2D eigenvalue weighted by molar-refractivity contribution is 5.85. The van der Waals surface area contributed by atoms with Crippen LogP contribution in [0.4, 0.5) is 0 Å². The molecule has 5 nitrogen and oxygen atoms in total. The number of benzene rings is 1. The Hall–Kier alpha value is -1.46. The third kappa shape index (κ3) is 3.27. The average molecular weight is 381 g/mol. The topological polar surface area (TPSA) is 50.8 Å². The summed E-state index contributed by atoms with van der Waals surface area (Å²) in [4.78, 5) is 15.4. The summed E-state index contributed by atoms with van der Waals surface area (Å²) < 4.78 is 11.0. The van der Waals surface area contributed by atoms with E-state index in [1.165, 1.54) is 0 Å². The highest BCUT2D eigenvalue weighted by Gasteiger charge is 2.59. The average Bonchev–Trinajstić information content (AvgIpc) is 3.12. The van der Waals surface area contributed by atoms with Gasteiger partial charge in [-0.3, -0.25) is 4.79 Å². The summed E-state index contributed by atoms with van der Waals surface area (Å²) in [6, 6.07) is 5.99. The number of nitrogens with one attached hydrogen (secondary N) is 1. The van der Waals surface area contributed by atoms with Gasteiger partial charge in [0.25, 0.3) is 0 Å². The summed E-state index contributed by atoms with van der Waals surface area (Å²) in [5.41, 5.74) is 1.36. The van der Waals surface area contributed by atoms with E-state index < -0.39 is 0 Å². The van der Waals surface area contributed by atoms with Crippen LogP contribution in [-0.4, -0.2) is 44.7 Å². The van der Waals surface area contributed by atoms with E-state index in [1.807, 2.05) is 18.2 Å². The van der Waals surface area contributed by atoms with Gasteiger partial charge in [-0.2, -0.15) is 0 Å². The highest BCUT2D eigenvalue weighted by atomic mass is 35.5. The number of likely N-dealkylation sites (tertiary alicyclic amines) is 1. The van der Waals surface area contributed by atoms with Gasteiger partial charge in [0.2, 0.25) is 5.91 Å². The number of amides is 1.